The Balaban J connectivity index is 1.85. The fourth-order valence-electron chi connectivity index (χ4n) is 2.63. The van der Waals surface area contributed by atoms with Crippen molar-refractivity contribution in [1.29, 1.82) is 0 Å². The molecule has 1 amide bonds. The Morgan fingerprint density at radius 3 is 3.05 bits per heavy atom. The van der Waals surface area contributed by atoms with E-state index in [0.29, 0.717) is 6.04 Å². The van der Waals surface area contributed by atoms with E-state index in [0.717, 1.165) is 26.2 Å². The maximum atomic E-state index is 11.3. The Kier molecular flexibility index (Phi) is 5.05. The van der Waals surface area contributed by atoms with Crippen molar-refractivity contribution in [2.45, 2.75) is 25.4 Å². The van der Waals surface area contributed by atoms with Crippen LogP contribution < -0.4 is 11.3 Å². The van der Waals surface area contributed by atoms with Crippen molar-refractivity contribution in [1.82, 2.24) is 30.2 Å². The molecule has 2 rings (SSSR count). The van der Waals surface area contributed by atoms with E-state index in [1.54, 1.807) is 10.9 Å². The number of nitrogen functional groups attached to an aromatic ring is 1. The van der Waals surface area contributed by atoms with E-state index in [4.69, 9.17) is 5.84 Å². The van der Waals surface area contributed by atoms with Crippen LogP contribution in [0.1, 0.15) is 23.3 Å². The zero-order valence-electron chi connectivity index (χ0n) is 12.1. The lowest BCUT2D eigenvalue weighted by molar-refractivity contribution is 0.0948. The highest BCUT2D eigenvalue weighted by atomic mass is 16.2. The molecule has 8 nitrogen and oxygen atoms in total. The fourth-order valence-corrected chi connectivity index (χ4v) is 2.63. The lowest BCUT2D eigenvalue weighted by Crippen LogP contribution is -2.39. The first-order chi connectivity index (χ1) is 9.60. The van der Waals surface area contributed by atoms with Gasteiger partial charge in [-0.3, -0.25) is 19.8 Å². The molecule has 3 N–H and O–H groups in total. The highest BCUT2D eigenvalue weighted by Crippen LogP contribution is 2.17. The van der Waals surface area contributed by atoms with Crippen molar-refractivity contribution >= 4 is 5.91 Å². The lowest BCUT2D eigenvalue weighted by Gasteiger charge is -2.26. The Morgan fingerprint density at radius 1 is 1.55 bits per heavy atom. The number of carbonyl (C=O) groups excluding carboxylic acids is 1. The summed E-state index contributed by atoms with van der Waals surface area (Å²) in [6.45, 7) is 3.86. The van der Waals surface area contributed by atoms with Gasteiger partial charge in [0.2, 0.25) is 0 Å². The number of rotatable bonds is 6. The third-order valence-corrected chi connectivity index (χ3v) is 3.59. The molecular weight excluding hydrogens is 258 g/mol. The normalized spacial score (nSPS) is 19.7. The summed E-state index contributed by atoms with van der Waals surface area (Å²) < 4.78 is 1.69. The van der Waals surface area contributed by atoms with Crippen molar-refractivity contribution < 1.29 is 4.79 Å². The van der Waals surface area contributed by atoms with Crippen LogP contribution in [0.15, 0.2) is 6.20 Å². The van der Waals surface area contributed by atoms with Gasteiger partial charge in [-0.1, -0.05) is 5.21 Å². The number of hydrogen-bond donors (Lipinski definition) is 2. The van der Waals surface area contributed by atoms with Crippen LogP contribution in [0.5, 0.6) is 0 Å². The van der Waals surface area contributed by atoms with E-state index in [1.165, 1.54) is 12.8 Å². The molecule has 1 unspecified atom stereocenters. The quantitative estimate of drug-likeness (QED) is 0.391. The van der Waals surface area contributed by atoms with Crippen LogP contribution >= 0.6 is 0 Å². The van der Waals surface area contributed by atoms with Gasteiger partial charge in [0.1, 0.15) is 0 Å². The molecule has 1 saturated heterocycles. The molecule has 8 heteroatoms. The molecule has 1 fully saturated rings. The summed E-state index contributed by atoms with van der Waals surface area (Å²) in [5.74, 6) is 4.65. The van der Waals surface area contributed by atoms with Crippen LogP contribution in [0, 0.1) is 0 Å². The van der Waals surface area contributed by atoms with Gasteiger partial charge in [0, 0.05) is 19.1 Å². The molecule has 0 spiro atoms. The maximum Gasteiger partial charge on any atom is 0.287 e. The summed E-state index contributed by atoms with van der Waals surface area (Å²) in [5, 5.41) is 7.74. The molecule has 0 radical (unpaired) electrons. The van der Waals surface area contributed by atoms with Gasteiger partial charge in [-0.15, -0.1) is 5.10 Å². The molecule has 2 heterocycles. The molecule has 0 aromatic carbocycles. The second-order valence-electron chi connectivity index (χ2n) is 5.43. The molecule has 0 saturated carbocycles. The zero-order chi connectivity index (χ0) is 14.5. The summed E-state index contributed by atoms with van der Waals surface area (Å²) in [4.78, 5) is 16.0. The number of likely N-dealkylation sites (tertiary alicyclic amines) is 1. The van der Waals surface area contributed by atoms with Gasteiger partial charge in [-0.25, -0.2) is 5.84 Å². The van der Waals surface area contributed by atoms with Crippen molar-refractivity contribution in [2.24, 2.45) is 5.84 Å². The topological polar surface area (TPSA) is 92.3 Å². The number of nitrogens with two attached hydrogens (primary N) is 1. The van der Waals surface area contributed by atoms with E-state index >= 15 is 0 Å². The molecule has 20 heavy (non-hydrogen) atoms. The average Bonchev–Trinajstić information content (AvgIpc) is 3.04. The second kappa shape index (κ2) is 6.78. The predicted octanol–water partition coefficient (Wildman–Crippen LogP) is -1.09. The Labute approximate surface area is 118 Å². The van der Waals surface area contributed by atoms with Gasteiger partial charge in [-0.05, 0) is 33.5 Å². The van der Waals surface area contributed by atoms with Crippen molar-refractivity contribution in [2.75, 3.05) is 33.7 Å². The van der Waals surface area contributed by atoms with E-state index < -0.39 is 5.91 Å². The minimum absolute atomic E-state index is 0.249. The van der Waals surface area contributed by atoms with Crippen LogP contribution in [-0.4, -0.2) is 70.5 Å². The first-order valence-electron chi connectivity index (χ1n) is 6.90. The molecule has 1 aromatic rings. The number of likely N-dealkylation sites (N-methyl/N-ethyl adjacent to an activating group) is 1. The summed E-state index contributed by atoms with van der Waals surface area (Å²) in [6, 6.07) is 0.611. The van der Waals surface area contributed by atoms with Gasteiger partial charge in [0.15, 0.2) is 5.69 Å². The summed E-state index contributed by atoms with van der Waals surface area (Å²) in [5.41, 5.74) is 2.30. The number of amides is 1. The predicted molar refractivity (Wildman–Crippen MR) is 74.8 cm³/mol. The van der Waals surface area contributed by atoms with E-state index in [2.05, 4.69) is 34.2 Å². The third kappa shape index (κ3) is 3.75. The zero-order valence-corrected chi connectivity index (χ0v) is 12.1. The average molecular weight is 281 g/mol. The fraction of sp³-hybridized carbons (Fsp3) is 0.750. The second-order valence-corrected chi connectivity index (χ2v) is 5.43. The Hall–Kier alpha value is -1.51. The number of nitrogens with one attached hydrogen (secondary N) is 1. The molecule has 1 atom stereocenters. The van der Waals surface area contributed by atoms with E-state index in [1.807, 2.05) is 5.43 Å². The SMILES string of the molecule is CN(C)CC1CCCN1CCn1cc(C(=O)NN)nn1. The van der Waals surface area contributed by atoms with Crippen LogP contribution in [0.3, 0.4) is 0 Å². The Bertz CT molecular complexity index is 445. The molecular formula is C12H23N7O. The van der Waals surface area contributed by atoms with Gasteiger partial charge in [0.25, 0.3) is 5.91 Å². The third-order valence-electron chi connectivity index (χ3n) is 3.59. The minimum atomic E-state index is -0.414. The molecule has 1 aliphatic heterocycles. The van der Waals surface area contributed by atoms with E-state index in [-0.39, 0.29) is 5.69 Å². The largest absolute Gasteiger partial charge is 0.308 e. The maximum absolute atomic E-state index is 11.3. The highest BCUT2D eigenvalue weighted by molar-refractivity contribution is 5.91. The molecule has 0 bridgehead atoms. The number of carbonyl (C=O) groups is 1. The summed E-state index contributed by atoms with van der Waals surface area (Å²) >= 11 is 0. The molecule has 1 aromatic heterocycles. The van der Waals surface area contributed by atoms with E-state index in [9.17, 15) is 4.79 Å². The van der Waals surface area contributed by atoms with Gasteiger partial charge >= 0.3 is 0 Å². The van der Waals surface area contributed by atoms with Crippen molar-refractivity contribution in [3.8, 4) is 0 Å². The monoisotopic (exact) mass is 281 g/mol. The van der Waals surface area contributed by atoms with Crippen molar-refractivity contribution in [3.05, 3.63) is 11.9 Å². The van der Waals surface area contributed by atoms with Gasteiger partial charge in [-0.2, -0.15) is 0 Å². The number of hydrazine groups is 1. The summed E-state index contributed by atoms with van der Waals surface area (Å²) in [6.07, 6.45) is 4.12. The van der Waals surface area contributed by atoms with Crippen LogP contribution in [-0.2, 0) is 6.54 Å². The van der Waals surface area contributed by atoms with Crippen LogP contribution in [0.4, 0.5) is 0 Å². The minimum Gasteiger partial charge on any atom is -0.308 e. The molecule has 112 valence electrons. The number of nitrogens with zero attached hydrogens (tertiary/aromatic N) is 5. The standard InChI is InChI=1S/C12H23N7O/c1-17(2)8-10-4-3-5-18(10)6-7-19-9-11(15-16-19)12(20)14-13/h9-10H,3-8,13H2,1-2H3,(H,14,20). The highest BCUT2D eigenvalue weighted by Gasteiger charge is 2.24. The molecule has 0 aliphatic carbocycles. The van der Waals surface area contributed by atoms with Crippen molar-refractivity contribution in [3.63, 3.8) is 0 Å². The van der Waals surface area contributed by atoms with Gasteiger partial charge in [0.05, 0.1) is 12.7 Å². The first kappa shape index (κ1) is 14.9. The number of hydrogen-bond acceptors (Lipinski definition) is 6. The van der Waals surface area contributed by atoms with Crippen LogP contribution in [0.2, 0.25) is 0 Å². The summed E-state index contributed by atoms with van der Waals surface area (Å²) in [7, 11) is 4.21. The number of aromatic nitrogens is 3. The Morgan fingerprint density at radius 2 is 2.35 bits per heavy atom. The van der Waals surface area contributed by atoms with Crippen LogP contribution in [0.25, 0.3) is 0 Å². The lowest BCUT2D eigenvalue weighted by atomic mass is 10.2. The molecule has 1 aliphatic rings. The van der Waals surface area contributed by atoms with Gasteiger partial charge < -0.3 is 4.90 Å². The first-order valence-corrected chi connectivity index (χ1v) is 6.90. The smallest absolute Gasteiger partial charge is 0.287 e.